The molecule has 5 heteroatoms. The summed E-state index contributed by atoms with van der Waals surface area (Å²) in [6.07, 6.45) is 0. The Balaban J connectivity index is 1.79. The monoisotopic (exact) mass is 268 g/mol. The smallest absolute Gasteiger partial charge is 0.146 e. The van der Waals surface area contributed by atoms with Crippen LogP contribution in [0, 0.1) is 6.92 Å². The first-order valence-electron chi connectivity index (χ1n) is 6.40. The summed E-state index contributed by atoms with van der Waals surface area (Å²) in [6, 6.07) is 13.6. The van der Waals surface area contributed by atoms with Gasteiger partial charge in [0.2, 0.25) is 0 Å². The molecule has 4 N–H and O–H groups in total. The zero-order valence-corrected chi connectivity index (χ0v) is 11.2. The number of nitrogens with zero attached hydrogens (tertiary/aromatic N) is 1. The highest BCUT2D eigenvalue weighted by atomic mass is 16.5. The second-order valence-corrected chi connectivity index (χ2v) is 4.61. The van der Waals surface area contributed by atoms with E-state index in [1.54, 1.807) is 0 Å². The first-order valence-corrected chi connectivity index (χ1v) is 6.40. The number of aromatic amines is 1. The van der Waals surface area contributed by atoms with Gasteiger partial charge in [-0.25, -0.2) is 4.98 Å². The van der Waals surface area contributed by atoms with Gasteiger partial charge in [0.25, 0.3) is 0 Å². The van der Waals surface area contributed by atoms with Crippen LogP contribution in [-0.4, -0.2) is 9.97 Å². The molecule has 0 saturated carbocycles. The summed E-state index contributed by atoms with van der Waals surface area (Å²) in [4.78, 5) is 7.71. The fourth-order valence-electron chi connectivity index (χ4n) is 2.09. The van der Waals surface area contributed by atoms with Crippen molar-refractivity contribution in [1.82, 2.24) is 9.97 Å². The summed E-state index contributed by atoms with van der Waals surface area (Å²) < 4.78 is 5.77. The number of nitrogens with two attached hydrogens (primary N) is 1. The Morgan fingerprint density at radius 1 is 1.25 bits per heavy atom. The molecule has 5 nitrogen and oxygen atoms in total. The predicted octanol–water partition coefficient (Wildman–Crippen LogP) is 2.74. The second kappa shape index (κ2) is 5.22. The van der Waals surface area contributed by atoms with E-state index in [-0.39, 0.29) is 0 Å². The van der Waals surface area contributed by atoms with Crippen LogP contribution < -0.4 is 16.0 Å². The SMILES string of the molecule is Cc1ccccc1OCc1nc2ccc(NN)cc2[nH]1. The number of hydrogen-bond acceptors (Lipinski definition) is 4. The number of nitrogen functional groups attached to an aromatic ring is 1. The van der Waals surface area contributed by atoms with Crippen LogP contribution in [0.1, 0.15) is 11.4 Å². The maximum atomic E-state index is 5.77. The van der Waals surface area contributed by atoms with Gasteiger partial charge in [0.15, 0.2) is 0 Å². The number of hydrogen-bond donors (Lipinski definition) is 3. The van der Waals surface area contributed by atoms with Crippen molar-refractivity contribution in [3.8, 4) is 5.75 Å². The van der Waals surface area contributed by atoms with E-state index in [1.807, 2.05) is 49.4 Å². The molecule has 0 aliphatic carbocycles. The van der Waals surface area contributed by atoms with E-state index in [1.165, 1.54) is 0 Å². The zero-order valence-electron chi connectivity index (χ0n) is 11.2. The number of H-pyrrole nitrogens is 1. The van der Waals surface area contributed by atoms with Crippen LogP contribution in [0.2, 0.25) is 0 Å². The van der Waals surface area contributed by atoms with Gasteiger partial charge in [-0.2, -0.15) is 0 Å². The number of anilines is 1. The van der Waals surface area contributed by atoms with Crippen molar-refractivity contribution < 1.29 is 4.74 Å². The molecule has 0 bridgehead atoms. The molecule has 1 heterocycles. The second-order valence-electron chi connectivity index (χ2n) is 4.61. The molecule has 0 unspecified atom stereocenters. The highest BCUT2D eigenvalue weighted by Crippen LogP contribution is 2.19. The van der Waals surface area contributed by atoms with E-state index in [4.69, 9.17) is 10.6 Å². The number of aromatic nitrogens is 2. The van der Waals surface area contributed by atoms with Gasteiger partial charge in [0.1, 0.15) is 18.2 Å². The van der Waals surface area contributed by atoms with E-state index >= 15 is 0 Å². The number of rotatable bonds is 4. The average Bonchev–Trinajstić information content (AvgIpc) is 2.88. The topological polar surface area (TPSA) is 76.0 Å². The highest BCUT2D eigenvalue weighted by molar-refractivity contribution is 5.79. The van der Waals surface area contributed by atoms with Crippen LogP contribution in [0.15, 0.2) is 42.5 Å². The molecular weight excluding hydrogens is 252 g/mol. The Hall–Kier alpha value is -2.53. The lowest BCUT2D eigenvalue weighted by Crippen LogP contribution is -2.05. The quantitative estimate of drug-likeness (QED) is 0.502. The molecule has 3 rings (SSSR count). The Bertz CT molecular complexity index is 736. The third-order valence-electron chi connectivity index (χ3n) is 3.16. The minimum absolute atomic E-state index is 0.408. The maximum Gasteiger partial charge on any atom is 0.146 e. The van der Waals surface area contributed by atoms with Gasteiger partial charge in [-0.1, -0.05) is 18.2 Å². The van der Waals surface area contributed by atoms with Crippen LogP contribution in [0.5, 0.6) is 5.75 Å². The molecule has 3 aromatic rings. The number of fused-ring (bicyclic) bond motifs is 1. The van der Waals surface area contributed by atoms with Crippen molar-refractivity contribution in [1.29, 1.82) is 0 Å². The predicted molar refractivity (Wildman–Crippen MR) is 79.4 cm³/mol. The standard InChI is InChI=1S/C15H16N4O/c1-10-4-2-3-5-14(10)20-9-15-17-12-7-6-11(19-16)8-13(12)18-15/h2-8,19H,9,16H2,1H3,(H,17,18). The molecule has 0 radical (unpaired) electrons. The molecule has 1 aromatic heterocycles. The van der Waals surface area contributed by atoms with Crippen LogP contribution >= 0.6 is 0 Å². The van der Waals surface area contributed by atoms with E-state index < -0.39 is 0 Å². The Kier molecular flexibility index (Phi) is 3.26. The summed E-state index contributed by atoms with van der Waals surface area (Å²) in [7, 11) is 0. The van der Waals surface area contributed by atoms with Crippen molar-refractivity contribution in [3.05, 3.63) is 53.9 Å². The number of nitrogens with one attached hydrogen (secondary N) is 2. The van der Waals surface area contributed by atoms with Crippen molar-refractivity contribution in [2.75, 3.05) is 5.43 Å². The maximum absolute atomic E-state index is 5.77. The average molecular weight is 268 g/mol. The third kappa shape index (κ3) is 2.44. The number of aryl methyl sites for hydroxylation is 1. The van der Waals surface area contributed by atoms with Gasteiger partial charge in [-0.3, -0.25) is 5.84 Å². The van der Waals surface area contributed by atoms with Gasteiger partial charge >= 0.3 is 0 Å². The molecule has 0 atom stereocenters. The fourth-order valence-corrected chi connectivity index (χ4v) is 2.09. The molecule has 0 amide bonds. The largest absolute Gasteiger partial charge is 0.485 e. The normalized spacial score (nSPS) is 10.7. The molecule has 20 heavy (non-hydrogen) atoms. The summed E-state index contributed by atoms with van der Waals surface area (Å²) in [5.74, 6) is 7.05. The molecule has 102 valence electrons. The van der Waals surface area contributed by atoms with E-state index in [0.29, 0.717) is 6.61 Å². The molecule has 0 saturated heterocycles. The summed E-state index contributed by atoms with van der Waals surface area (Å²) in [5.41, 5.74) is 6.39. The van der Waals surface area contributed by atoms with Crippen molar-refractivity contribution in [2.45, 2.75) is 13.5 Å². The summed E-state index contributed by atoms with van der Waals surface area (Å²) >= 11 is 0. The van der Waals surface area contributed by atoms with E-state index in [2.05, 4.69) is 15.4 Å². The van der Waals surface area contributed by atoms with Crippen molar-refractivity contribution in [3.63, 3.8) is 0 Å². The highest BCUT2D eigenvalue weighted by Gasteiger charge is 2.05. The van der Waals surface area contributed by atoms with Crippen LogP contribution in [0.25, 0.3) is 11.0 Å². The van der Waals surface area contributed by atoms with E-state index in [0.717, 1.165) is 33.9 Å². The van der Waals surface area contributed by atoms with Gasteiger partial charge in [0.05, 0.1) is 16.7 Å². The lowest BCUT2D eigenvalue weighted by Gasteiger charge is -2.06. The minimum atomic E-state index is 0.408. The van der Waals surface area contributed by atoms with E-state index in [9.17, 15) is 0 Å². The lowest BCUT2D eigenvalue weighted by atomic mass is 10.2. The number of para-hydroxylation sites is 1. The number of ether oxygens (including phenoxy) is 1. The van der Waals surface area contributed by atoms with Crippen LogP contribution in [-0.2, 0) is 6.61 Å². The van der Waals surface area contributed by atoms with Gasteiger partial charge in [0, 0.05) is 0 Å². The molecule has 2 aromatic carbocycles. The number of hydrazine groups is 1. The van der Waals surface area contributed by atoms with Gasteiger partial charge in [-0.15, -0.1) is 0 Å². The zero-order chi connectivity index (χ0) is 13.9. The van der Waals surface area contributed by atoms with Crippen molar-refractivity contribution >= 4 is 16.7 Å². The molecule has 0 fully saturated rings. The molecule has 0 aliphatic heterocycles. The van der Waals surface area contributed by atoms with Crippen molar-refractivity contribution in [2.24, 2.45) is 5.84 Å². The summed E-state index contributed by atoms with van der Waals surface area (Å²) in [5, 5.41) is 0. The lowest BCUT2D eigenvalue weighted by molar-refractivity contribution is 0.295. The summed E-state index contributed by atoms with van der Waals surface area (Å²) in [6.45, 7) is 2.43. The Morgan fingerprint density at radius 3 is 2.90 bits per heavy atom. The minimum Gasteiger partial charge on any atom is -0.485 e. The first-order chi connectivity index (χ1) is 9.76. The van der Waals surface area contributed by atoms with Crippen LogP contribution in [0.3, 0.4) is 0 Å². The molecular formula is C15H16N4O. The van der Waals surface area contributed by atoms with Gasteiger partial charge in [-0.05, 0) is 36.8 Å². The number of imidazole rings is 1. The third-order valence-corrected chi connectivity index (χ3v) is 3.16. The molecule has 0 spiro atoms. The van der Waals surface area contributed by atoms with Crippen LogP contribution in [0.4, 0.5) is 5.69 Å². The molecule has 0 aliphatic rings. The first kappa shape index (κ1) is 12.5. The Morgan fingerprint density at radius 2 is 2.10 bits per heavy atom. The van der Waals surface area contributed by atoms with Gasteiger partial charge < -0.3 is 15.1 Å². The Labute approximate surface area is 116 Å². The number of benzene rings is 2. The fraction of sp³-hybridized carbons (Fsp3) is 0.133.